The minimum atomic E-state index is -0.202. The Hall–Kier alpha value is -3.75. The van der Waals surface area contributed by atoms with Crippen molar-refractivity contribution in [1.29, 1.82) is 0 Å². The molecule has 2 heterocycles. The van der Waals surface area contributed by atoms with Gasteiger partial charge in [-0.25, -0.2) is 15.0 Å². The summed E-state index contributed by atoms with van der Waals surface area (Å²) in [5.74, 6) is 0.421. The predicted molar refractivity (Wildman–Crippen MR) is 140 cm³/mol. The van der Waals surface area contributed by atoms with Crippen LogP contribution >= 0.6 is 27.7 Å². The highest BCUT2D eigenvalue weighted by atomic mass is 79.9. The number of anilines is 3. The van der Waals surface area contributed by atoms with E-state index in [4.69, 9.17) is 0 Å². The number of carbonyl (C=O) groups excluding carboxylic acids is 1. The molecule has 0 aliphatic carbocycles. The molecular weight excluding hydrogens is 510 g/mol. The fraction of sp³-hybridized carbons (Fsp3) is 0. The van der Waals surface area contributed by atoms with Crippen LogP contribution in [0.3, 0.4) is 0 Å². The second kappa shape index (κ2) is 10.0. The highest BCUT2D eigenvalue weighted by Crippen LogP contribution is 2.36. The maximum Gasteiger partial charge on any atom is 0.255 e. The number of carbonyl (C=O) groups is 1. The van der Waals surface area contributed by atoms with Gasteiger partial charge >= 0.3 is 0 Å². The number of nitrogens with one attached hydrogen (secondary N) is 2. The van der Waals surface area contributed by atoms with Gasteiger partial charge in [-0.2, -0.15) is 0 Å². The molecule has 0 atom stereocenters. The Labute approximate surface area is 209 Å². The van der Waals surface area contributed by atoms with Gasteiger partial charge in [0, 0.05) is 31.7 Å². The van der Waals surface area contributed by atoms with Crippen LogP contribution in [0.4, 0.5) is 17.2 Å². The summed E-state index contributed by atoms with van der Waals surface area (Å²) in [5.41, 5.74) is 2.60. The van der Waals surface area contributed by atoms with Crippen molar-refractivity contribution in [2.45, 2.75) is 9.79 Å². The molecule has 0 saturated carbocycles. The molecule has 3 aromatic carbocycles. The van der Waals surface area contributed by atoms with E-state index in [0.717, 1.165) is 25.3 Å². The molecule has 166 valence electrons. The van der Waals surface area contributed by atoms with Crippen LogP contribution in [0.15, 0.2) is 112 Å². The third-order valence-corrected chi connectivity index (χ3v) is 6.53. The Balaban J connectivity index is 1.51. The molecule has 0 aliphatic heterocycles. The third kappa shape index (κ3) is 5.08. The van der Waals surface area contributed by atoms with E-state index >= 15 is 0 Å². The maximum atomic E-state index is 13.0. The van der Waals surface area contributed by atoms with Gasteiger partial charge < -0.3 is 10.6 Å². The largest absolute Gasteiger partial charge is 0.339 e. The first-order valence-electron chi connectivity index (χ1n) is 10.4. The second-order valence-electron chi connectivity index (χ2n) is 7.31. The third-order valence-electron chi connectivity index (χ3n) is 4.96. The summed E-state index contributed by atoms with van der Waals surface area (Å²) in [6.45, 7) is 0. The van der Waals surface area contributed by atoms with Crippen LogP contribution in [0.2, 0.25) is 0 Å². The van der Waals surface area contributed by atoms with E-state index in [9.17, 15) is 4.79 Å². The number of benzene rings is 3. The number of hydrogen-bond donors (Lipinski definition) is 2. The molecule has 0 unspecified atom stereocenters. The molecule has 0 radical (unpaired) electrons. The van der Waals surface area contributed by atoms with E-state index in [2.05, 4.69) is 41.5 Å². The van der Waals surface area contributed by atoms with Crippen molar-refractivity contribution in [3.63, 3.8) is 0 Å². The number of halogens is 1. The molecule has 8 heteroatoms. The first-order valence-corrected chi connectivity index (χ1v) is 12.0. The molecular formula is C26H18BrN5OS. The number of nitrogens with zero attached hydrogens (tertiary/aromatic N) is 3. The van der Waals surface area contributed by atoms with Gasteiger partial charge in [-0.1, -0.05) is 52.0 Å². The normalized spacial score (nSPS) is 10.7. The van der Waals surface area contributed by atoms with Crippen LogP contribution < -0.4 is 10.6 Å². The molecule has 2 N–H and O–H groups in total. The molecule has 0 bridgehead atoms. The zero-order chi connectivity index (χ0) is 23.3. The number of rotatable bonds is 6. The molecule has 6 nitrogen and oxygen atoms in total. The SMILES string of the molecule is O=C(Nc1cccc(Br)c1)c1ccc(Sc2ccccc2)c(Nc2ncnc3ncccc23)c1. The van der Waals surface area contributed by atoms with Crippen LogP contribution in [0.25, 0.3) is 11.0 Å². The zero-order valence-corrected chi connectivity index (χ0v) is 20.2. The monoisotopic (exact) mass is 527 g/mol. The first-order chi connectivity index (χ1) is 16.7. The lowest BCUT2D eigenvalue weighted by Crippen LogP contribution is -2.12. The van der Waals surface area contributed by atoms with Crippen LogP contribution in [0.5, 0.6) is 0 Å². The van der Waals surface area contributed by atoms with Crippen molar-refractivity contribution in [1.82, 2.24) is 15.0 Å². The Kier molecular flexibility index (Phi) is 6.51. The highest BCUT2D eigenvalue weighted by Gasteiger charge is 2.14. The van der Waals surface area contributed by atoms with Crippen molar-refractivity contribution < 1.29 is 4.79 Å². The lowest BCUT2D eigenvalue weighted by molar-refractivity contribution is 0.102. The average Bonchev–Trinajstić information content (AvgIpc) is 2.86. The van der Waals surface area contributed by atoms with E-state index < -0.39 is 0 Å². The first kappa shape index (κ1) is 22.1. The van der Waals surface area contributed by atoms with E-state index in [0.29, 0.717) is 22.7 Å². The summed E-state index contributed by atoms with van der Waals surface area (Å²) in [6.07, 6.45) is 3.17. The molecule has 2 aromatic heterocycles. The number of fused-ring (bicyclic) bond motifs is 1. The quantitative estimate of drug-likeness (QED) is 0.249. The Morgan fingerprint density at radius 2 is 1.74 bits per heavy atom. The van der Waals surface area contributed by atoms with Crippen LogP contribution in [0, 0.1) is 0 Å². The maximum absolute atomic E-state index is 13.0. The fourth-order valence-corrected chi connectivity index (χ4v) is 4.67. The summed E-state index contributed by atoms with van der Waals surface area (Å²) >= 11 is 5.04. The molecule has 5 aromatic rings. The molecule has 34 heavy (non-hydrogen) atoms. The number of amides is 1. The Bertz CT molecular complexity index is 1470. The number of hydrogen-bond acceptors (Lipinski definition) is 6. The van der Waals surface area contributed by atoms with E-state index in [1.807, 2.05) is 84.9 Å². The average molecular weight is 528 g/mol. The minimum Gasteiger partial charge on any atom is -0.339 e. The van der Waals surface area contributed by atoms with Gasteiger partial charge in [0.15, 0.2) is 5.65 Å². The summed E-state index contributed by atoms with van der Waals surface area (Å²) in [4.78, 5) is 28.0. The van der Waals surface area contributed by atoms with Gasteiger partial charge in [0.2, 0.25) is 0 Å². The zero-order valence-electron chi connectivity index (χ0n) is 17.8. The summed E-state index contributed by atoms with van der Waals surface area (Å²) < 4.78 is 0.895. The minimum absolute atomic E-state index is 0.202. The van der Waals surface area contributed by atoms with Gasteiger partial charge in [0.25, 0.3) is 5.91 Å². The van der Waals surface area contributed by atoms with Crippen LogP contribution in [0.1, 0.15) is 10.4 Å². The van der Waals surface area contributed by atoms with Gasteiger partial charge in [-0.05, 0) is 60.7 Å². The van der Waals surface area contributed by atoms with Crippen LogP contribution in [-0.2, 0) is 0 Å². The number of pyridine rings is 1. The molecule has 0 aliphatic rings. The second-order valence-corrected chi connectivity index (χ2v) is 9.34. The molecule has 0 spiro atoms. The standard InChI is InChI=1S/C26H18BrN5OS/c27-18-6-4-7-19(15-18)31-26(33)17-11-12-23(34-20-8-2-1-3-9-20)22(14-17)32-25-21-10-5-13-28-24(21)29-16-30-25/h1-16H,(H,31,33)(H,28,29,30,32). The summed E-state index contributed by atoms with van der Waals surface area (Å²) in [6, 6.07) is 26.9. The van der Waals surface area contributed by atoms with Gasteiger partial charge in [-0.3, -0.25) is 4.79 Å². The topological polar surface area (TPSA) is 79.8 Å². The van der Waals surface area contributed by atoms with Gasteiger partial charge in [-0.15, -0.1) is 0 Å². The Morgan fingerprint density at radius 3 is 2.59 bits per heavy atom. The van der Waals surface area contributed by atoms with Crippen molar-refractivity contribution >= 4 is 61.8 Å². The van der Waals surface area contributed by atoms with Crippen molar-refractivity contribution in [3.05, 3.63) is 107 Å². The smallest absolute Gasteiger partial charge is 0.255 e. The van der Waals surface area contributed by atoms with Gasteiger partial charge in [0.05, 0.1) is 11.1 Å². The summed E-state index contributed by atoms with van der Waals surface area (Å²) in [7, 11) is 0. The molecule has 0 fully saturated rings. The molecule has 0 saturated heterocycles. The van der Waals surface area contributed by atoms with Crippen molar-refractivity contribution in [2.75, 3.05) is 10.6 Å². The molecule has 5 rings (SSSR count). The predicted octanol–water partition coefficient (Wildman–Crippen LogP) is 6.93. The Morgan fingerprint density at radius 1 is 0.853 bits per heavy atom. The van der Waals surface area contributed by atoms with Crippen molar-refractivity contribution in [2.24, 2.45) is 0 Å². The van der Waals surface area contributed by atoms with Gasteiger partial charge in [0.1, 0.15) is 12.1 Å². The van der Waals surface area contributed by atoms with E-state index in [1.165, 1.54) is 6.33 Å². The summed E-state index contributed by atoms with van der Waals surface area (Å²) in [5, 5.41) is 7.15. The van der Waals surface area contributed by atoms with E-state index in [1.54, 1.807) is 18.0 Å². The lowest BCUT2D eigenvalue weighted by Gasteiger charge is -2.14. The molecule has 1 amide bonds. The van der Waals surface area contributed by atoms with Crippen molar-refractivity contribution in [3.8, 4) is 0 Å². The fourth-order valence-electron chi connectivity index (χ4n) is 3.37. The van der Waals surface area contributed by atoms with E-state index in [-0.39, 0.29) is 5.91 Å². The van der Waals surface area contributed by atoms with Crippen LogP contribution in [-0.4, -0.2) is 20.9 Å². The highest BCUT2D eigenvalue weighted by molar-refractivity contribution is 9.10. The number of aromatic nitrogens is 3. The lowest BCUT2D eigenvalue weighted by atomic mass is 10.1.